The molecule has 0 aliphatic rings. The third kappa shape index (κ3) is 18.5. The number of para-hydroxylation sites is 1. The van der Waals surface area contributed by atoms with Crippen LogP contribution >= 0.6 is 0 Å². The molecule has 22 heteroatoms. The first kappa shape index (κ1) is 58.6. The summed E-state index contributed by atoms with van der Waals surface area (Å²) >= 11 is 0. The maximum absolute atomic E-state index is 13.6. The number of ether oxygens (including phenoxy) is 4. The highest BCUT2D eigenvalue weighted by Gasteiger charge is 2.29. The van der Waals surface area contributed by atoms with Crippen LogP contribution in [0, 0.1) is 19.8 Å². The van der Waals surface area contributed by atoms with Crippen LogP contribution in [0.3, 0.4) is 0 Å². The molecular weight excluding hydrogens is 991 g/mol. The predicted octanol–water partition coefficient (Wildman–Crippen LogP) is 5.24. The lowest BCUT2D eigenvalue weighted by atomic mass is 9.97. The Bertz CT molecular complexity index is 2920. The second-order valence-electron chi connectivity index (χ2n) is 19.2. The maximum Gasteiger partial charge on any atom is 0.407 e. The molecule has 2 atom stereocenters. The minimum Gasteiger partial charge on any atom is -0.481 e. The van der Waals surface area contributed by atoms with Crippen molar-refractivity contribution in [1.29, 1.82) is 0 Å². The largest absolute Gasteiger partial charge is 0.481 e. The number of hydrogen-bond donors (Lipinski definition) is 8. The van der Waals surface area contributed by atoms with Gasteiger partial charge in [0.1, 0.15) is 31.8 Å². The first-order valence-electron chi connectivity index (χ1n) is 26.3. The number of aromatic nitrogens is 5. The Morgan fingerprint density at radius 2 is 1.53 bits per heavy atom. The molecule has 414 valence electrons. The molecule has 3 aromatic carbocycles. The number of aliphatic carboxylic acids is 1. The van der Waals surface area contributed by atoms with Gasteiger partial charge in [0.05, 0.1) is 50.8 Å². The van der Waals surface area contributed by atoms with E-state index in [2.05, 4.69) is 103 Å². The number of unbranched alkanes of at least 4 members (excludes halogenated alkanes) is 2. The Morgan fingerprint density at radius 1 is 0.792 bits per heavy atom. The van der Waals surface area contributed by atoms with Crippen molar-refractivity contribution in [3.05, 3.63) is 95.6 Å². The van der Waals surface area contributed by atoms with Gasteiger partial charge in [0.15, 0.2) is 12.4 Å². The fraction of sp³-hybridized carbons (Fsp3) is 0.473. The first-order chi connectivity index (χ1) is 37.2. The number of nitrogens with zero attached hydrogens (tertiary/aromatic N) is 4. The fourth-order valence-corrected chi connectivity index (χ4v) is 8.83. The van der Waals surface area contributed by atoms with E-state index in [-0.39, 0.29) is 51.7 Å². The number of urea groups is 1. The number of amides is 6. The summed E-state index contributed by atoms with van der Waals surface area (Å²) in [5, 5.41) is 35.4. The number of aromatic amines is 1. The number of pyridine rings is 1. The molecule has 0 bridgehead atoms. The third-order valence-electron chi connectivity index (χ3n) is 13.0. The predicted molar refractivity (Wildman–Crippen MR) is 289 cm³/mol. The molecule has 22 nitrogen and oxygen atoms in total. The summed E-state index contributed by atoms with van der Waals surface area (Å²) in [6.45, 7) is 10.9. The highest BCUT2D eigenvalue weighted by atomic mass is 16.6. The van der Waals surface area contributed by atoms with Gasteiger partial charge >= 0.3 is 18.1 Å². The third-order valence-corrected chi connectivity index (χ3v) is 13.0. The number of carboxylic acid groups (broad SMARTS) is 1. The zero-order valence-electron chi connectivity index (χ0n) is 44.5. The molecule has 0 aliphatic heterocycles. The summed E-state index contributed by atoms with van der Waals surface area (Å²) < 4.78 is 25.9. The molecule has 0 radical (unpaired) electrons. The van der Waals surface area contributed by atoms with E-state index in [0.717, 1.165) is 37.0 Å². The standard InChI is InChI=1S/C55H73N11O11/c1-36(2)50(62-47(67)35-76-31-30-75-29-28-74-27-26-66-32-41(63-64-66)12-10-16-48(68)69)53(71)61-46(15-11-23-57-54(56)72)52(70)59-40-19-17-39(18-20-40)34-77-55(73)58-22-8-5-9-24-65-25-21-42-38(4)51-49(37(3)44(42)33-65)43-13-6-7-14-45(43)60-51/h6-7,13-14,17-21,25,32-33,36,46,50H,5,8-12,15-16,22-24,26-31,34-35H2,1-4H3,(H8,56,57,58,59,61,62,67,68,69,70,71,72,73)/p+1. The van der Waals surface area contributed by atoms with Gasteiger partial charge in [0.2, 0.25) is 17.7 Å². The summed E-state index contributed by atoms with van der Waals surface area (Å²) in [7, 11) is 0. The molecule has 9 N–H and O–H groups in total. The normalized spacial score (nSPS) is 12.2. The maximum atomic E-state index is 13.6. The van der Waals surface area contributed by atoms with Crippen molar-refractivity contribution >= 4 is 74.1 Å². The molecule has 0 fully saturated rings. The van der Waals surface area contributed by atoms with Gasteiger partial charge in [0.25, 0.3) is 0 Å². The lowest BCUT2D eigenvalue weighted by Crippen LogP contribution is -2.55. The van der Waals surface area contributed by atoms with E-state index >= 15 is 0 Å². The minimum absolute atomic E-state index is 0.0151. The molecule has 2 unspecified atom stereocenters. The highest BCUT2D eigenvalue weighted by Crippen LogP contribution is 2.36. The number of primary amides is 1. The number of H-pyrrole nitrogens is 1. The van der Waals surface area contributed by atoms with Crippen LogP contribution in [0.25, 0.3) is 32.6 Å². The molecular formula is C55H74N11O11+. The molecule has 77 heavy (non-hydrogen) atoms. The zero-order chi connectivity index (χ0) is 55.1. The van der Waals surface area contributed by atoms with Crippen molar-refractivity contribution in [3.8, 4) is 0 Å². The van der Waals surface area contributed by atoms with Crippen LogP contribution in [0.5, 0.6) is 0 Å². The van der Waals surface area contributed by atoms with E-state index in [1.165, 1.54) is 38.2 Å². The quantitative estimate of drug-likeness (QED) is 0.0194. The summed E-state index contributed by atoms with van der Waals surface area (Å²) in [6, 6.07) is 14.6. The fourth-order valence-electron chi connectivity index (χ4n) is 8.83. The number of nitrogens with two attached hydrogens (primary N) is 1. The molecule has 0 aliphatic carbocycles. The van der Waals surface area contributed by atoms with Crippen molar-refractivity contribution in [3.63, 3.8) is 0 Å². The van der Waals surface area contributed by atoms with Crippen LogP contribution in [0.4, 0.5) is 15.3 Å². The molecule has 6 amide bonds. The number of nitrogens with one attached hydrogen (secondary N) is 6. The zero-order valence-corrected chi connectivity index (χ0v) is 44.5. The number of hydrogen-bond acceptors (Lipinski definition) is 12. The number of aryl methyl sites for hydroxylation is 4. The van der Waals surface area contributed by atoms with Crippen LogP contribution in [-0.4, -0.2) is 126 Å². The summed E-state index contributed by atoms with van der Waals surface area (Å²) in [6.07, 6.45) is 9.84. The summed E-state index contributed by atoms with van der Waals surface area (Å²) in [5.41, 5.74) is 11.9. The van der Waals surface area contributed by atoms with Crippen LogP contribution in [-0.2, 0) is 64.2 Å². The molecule has 0 saturated carbocycles. The number of fused-ring (bicyclic) bond motifs is 4. The number of carboxylic acids is 1. The molecule has 0 spiro atoms. The second kappa shape index (κ2) is 30.2. The number of anilines is 1. The summed E-state index contributed by atoms with van der Waals surface area (Å²) in [4.78, 5) is 78.2. The molecule has 3 heterocycles. The van der Waals surface area contributed by atoms with Gasteiger partial charge in [-0.05, 0) is 98.6 Å². The van der Waals surface area contributed by atoms with Gasteiger partial charge in [-0.2, -0.15) is 0 Å². The van der Waals surface area contributed by atoms with Crippen molar-refractivity contribution < 1.29 is 57.4 Å². The Hall–Kier alpha value is -7.69. The molecule has 6 aromatic rings. The number of benzene rings is 3. The van der Waals surface area contributed by atoms with Crippen molar-refractivity contribution in [2.24, 2.45) is 11.7 Å². The Balaban J connectivity index is 0.857. The monoisotopic (exact) mass is 1060 g/mol. The van der Waals surface area contributed by atoms with Crippen LogP contribution in [0.15, 0.2) is 73.2 Å². The molecule has 3 aromatic heterocycles. The van der Waals surface area contributed by atoms with Gasteiger partial charge in [-0.1, -0.05) is 49.4 Å². The molecule has 6 rings (SSSR count). The van der Waals surface area contributed by atoms with Crippen molar-refractivity contribution in [1.82, 2.24) is 41.2 Å². The van der Waals surface area contributed by atoms with Crippen LogP contribution in [0.1, 0.15) is 81.2 Å². The highest BCUT2D eigenvalue weighted by molar-refractivity contribution is 6.16. The average molecular weight is 1070 g/mol. The Kier molecular flexibility index (Phi) is 22.9. The van der Waals surface area contributed by atoms with Gasteiger partial charge < -0.3 is 61.4 Å². The van der Waals surface area contributed by atoms with Crippen molar-refractivity contribution in [2.75, 3.05) is 58.0 Å². The number of alkyl carbamates (subject to hydrolysis) is 1. The van der Waals surface area contributed by atoms with E-state index in [9.17, 15) is 28.8 Å². The molecule has 0 saturated heterocycles. The van der Waals surface area contributed by atoms with Gasteiger partial charge in [0, 0.05) is 65.6 Å². The van der Waals surface area contributed by atoms with Gasteiger partial charge in [-0.25, -0.2) is 18.8 Å². The topological polar surface area (TPSA) is 296 Å². The lowest BCUT2D eigenvalue weighted by molar-refractivity contribution is -0.696. The van der Waals surface area contributed by atoms with E-state index in [1.807, 2.05) is 0 Å². The van der Waals surface area contributed by atoms with E-state index in [1.54, 1.807) is 49.0 Å². The average Bonchev–Trinajstić information content (AvgIpc) is 4.15. The number of carbonyl (C=O) groups excluding carboxylic acids is 5. The van der Waals surface area contributed by atoms with Crippen LogP contribution in [0.2, 0.25) is 0 Å². The van der Waals surface area contributed by atoms with E-state index in [4.69, 9.17) is 29.8 Å². The first-order valence-corrected chi connectivity index (χ1v) is 26.3. The smallest absolute Gasteiger partial charge is 0.407 e. The minimum atomic E-state index is -1.04. The number of carbonyl (C=O) groups is 6. The van der Waals surface area contributed by atoms with Crippen LogP contribution < -0.4 is 36.9 Å². The van der Waals surface area contributed by atoms with E-state index < -0.39 is 47.9 Å². The Labute approximate surface area is 447 Å². The lowest BCUT2D eigenvalue weighted by Gasteiger charge is -2.25. The SMILES string of the molecule is Cc1c2cc[n+](CCCCCNC(=O)OCc3ccc(NC(=O)C(CCCNC(N)=O)NC(=O)C(NC(=O)COCCOCCOCCn4cc(CCCC(=O)O)nn4)C(C)C)cc3)cc2c(C)c2c1[nH]c1ccccc12. The second-order valence-corrected chi connectivity index (χ2v) is 19.2. The van der Waals surface area contributed by atoms with Gasteiger partial charge in [-0.3, -0.25) is 19.2 Å². The van der Waals surface area contributed by atoms with E-state index in [0.29, 0.717) is 63.4 Å². The van der Waals surface area contributed by atoms with Gasteiger partial charge in [-0.15, -0.1) is 5.10 Å². The Morgan fingerprint density at radius 3 is 2.29 bits per heavy atom. The number of rotatable bonds is 33. The summed E-state index contributed by atoms with van der Waals surface area (Å²) in [5.74, 6) is -2.83. The van der Waals surface area contributed by atoms with Crippen molar-refractivity contribution in [2.45, 2.75) is 111 Å².